The van der Waals surface area contributed by atoms with Gasteiger partial charge in [0.1, 0.15) is 5.75 Å². The van der Waals surface area contributed by atoms with E-state index in [9.17, 15) is 0 Å². The Bertz CT molecular complexity index is 626. The molecule has 1 heterocycles. The minimum Gasteiger partial charge on any atom is -0.493 e. The largest absolute Gasteiger partial charge is 0.493 e. The standard InChI is InChI=1S/C18H20INO/c1-2-20-18(14-5-3-7-16(19)12-14)15-8-9-17-13(11-15)6-4-10-21-17/h3,5,7-9,11-12,18,20H,2,4,6,10H2,1H3. The summed E-state index contributed by atoms with van der Waals surface area (Å²) in [7, 11) is 0. The Labute approximate surface area is 140 Å². The molecule has 1 aliphatic heterocycles. The van der Waals surface area contributed by atoms with Gasteiger partial charge in [-0.15, -0.1) is 0 Å². The first kappa shape index (κ1) is 14.9. The van der Waals surface area contributed by atoms with E-state index in [4.69, 9.17) is 4.74 Å². The fourth-order valence-corrected chi connectivity index (χ4v) is 3.45. The van der Waals surface area contributed by atoms with Gasteiger partial charge in [-0.25, -0.2) is 0 Å². The normalized spacial score (nSPS) is 15.1. The average Bonchev–Trinajstić information content (AvgIpc) is 2.52. The van der Waals surface area contributed by atoms with Crippen LogP contribution in [0.3, 0.4) is 0 Å². The average molecular weight is 393 g/mol. The predicted octanol–water partition coefficient (Wildman–Crippen LogP) is 4.32. The van der Waals surface area contributed by atoms with Gasteiger partial charge in [0.15, 0.2) is 0 Å². The SMILES string of the molecule is CCNC(c1cccc(I)c1)c1ccc2c(c1)CCCO2. The maximum atomic E-state index is 5.72. The van der Waals surface area contributed by atoms with Gasteiger partial charge in [-0.2, -0.15) is 0 Å². The van der Waals surface area contributed by atoms with Gasteiger partial charge in [-0.1, -0.05) is 31.2 Å². The van der Waals surface area contributed by atoms with Crippen LogP contribution in [0.15, 0.2) is 42.5 Å². The molecule has 1 atom stereocenters. The fraction of sp³-hybridized carbons (Fsp3) is 0.333. The second kappa shape index (κ2) is 6.79. The van der Waals surface area contributed by atoms with Gasteiger partial charge in [0, 0.05) is 3.57 Å². The highest BCUT2D eigenvalue weighted by Gasteiger charge is 2.17. The number of halogens is 1. The van der Waals surface area contributed by atoms with Crippen LogP contribution in [0.5, 0.6) is 5.75 Å². The Morgan fingerprint density at radius 1 is 1.19 bits per heavy atom. The molecule has 3 heteroatoms. The van der Waals surface area contributed by atoms with Crippen LogP contribution in [0.4, 0.5) is 0 Å². The van der Waals surface area contributed by atoms with E-state index in [1.807, 2.05) is 0 Å². The van der Waals surface area contributed by atoms with Crippen LogP contribution < -0.4 is 10.1 Å². The summed E-state index contributed by atoms with van der Waals surface area (Å²) in [5, 5.41) is 3.61. The van der Waals surface area contributed by atoms with Crippen molar-refractivity contribution in [1.82, 2.24) is 5.32 Å². The summed E-state index contributed by atoms with van der Waals surface area (Å²) in [5.74, 6) is 1.06. The molecule has 0 fully saturated rings. The third-order valence-corrected chi connectivity index (χ3v) is 4.53. The minimum atomic E-state index is 0.247. The quantitative estimate of drug-likeness (QED) is 0.782. The second-order valence-corrected chi connectivity index (χ2v) is 6.61. The minimum absolute atomic E-state index is 0.247. The van der Waals surface area contributed by atoms with Gasteiger partial charge in [-0.3, -0.25) is 0 Å². The molecule has 1 aliphatic rings. The van der Waals surface area contributed by atoms with Crippen LogP contribution in [0.1, 0.15) is 36.1 Å². The smallest absolute Gasteiger partial charge is 0.122 e. The molecule has 0 radical (unpaired) electrons. The Kier molecular flexibility index (Phi) is 4.80. The molecule has 0 aliphatic carbocycles. The highest BCUT2D eigenvalue weighted by Crippen LogP contribution is 2.30. The number of rotatable bonds is 4. The predicted molar refractivity (Wildman–Crippen MR) is 94.9 cm³/mol. The topological polar surface area (TPSA) is 21.3 Å². The van der Waals surface area contributed by atoms with Crippen molar-refractivity contribution >= 4 is 22.6 Å². The van der Waals surface area contributed by atoms with E-state index in [0.717, 1.165) is 31.7 Å². The molecule has 0 amide bonds. The summed E-state index contributed by atoms with van der Waals surface area (Å²) < 4.78 is 6.99. The van der Waals surface area contributed by atoms with Gasteiger partial charge >= 0.3 is 0 Å². The zero-order valence-electron chi connectivity index (χ0n) is 12.2. The third kappa shape index (κ3) is 3.40. The van der Waals surface area contributed by atoms with Gasteiger partial charge in [0.25, 0.3) is 0 Å². The molecule has 110 valence electrons. The van der Waals surface area contributed by atoms with Crippen molar-refractivity contribution in [3.05, 3.63) is 62.7 Å². The molecule has 0 spiro atoms. The number of fused-ring (bicyclic) bond motifs is 1. The van der Waals surface area contributed by atoms with E-state index < -0.39 is 0 Å². The monoisotopic (exact) mass is 393 g/mol. The Balaban J connectivity index is 1.97. The van der Waals surface area contributed by atoms with Crippen LogP contribution in [0.2, 0.25) is 0 Å². The van der Waals surface area contributed by atoms with Crippen LogP contribution in [-0.2, 0) is 6.42 Å². The number of hydrogen-bond donors (Lipinski definition) is 1. The molecular formula is C18H20INO. The van der Waals surface area contributed by atoms with Crippen molar-refractivity contribution in [3.8, 4) is 5.75 Å². The van der Waals surface area contributed by atoms with Gasteiger partial charge in [-0.05, 0) is 76.9 Å². The lowest BCUT2D eigenvalue weighted by Crippen LogP contribution is -2.22. The fourth-order valence-electron chi connectivity index (χ4n) is 2.88. The maximum Gasteiger partial charge on any atom is 0.122 e. The summed E-state index contributed by atoms with van der Waals surface area (Å²) in [6.45, 7) is 3.95. The number of aryl methyl sites for hydroxylation is 1. The van der Waals surface area contributed by atoms with Gasteiger partial charge < -0.3 is 10.1 Å². The summed E-state index contributed by atoms with van der Waals surface area (Å²) in [6, 6.07) is 15.6. The van der Waals surface area contributed by atoms with Crippen LogP contribution in [0, 0.1) is 3.57 Å². The van der Waals surface area contributed by atoms with Crippen molar-refractivity contribution < 1.29 is 4.74 Å². The van der Waals surface area contributed by atoms with Crippen LogP contribution in [0.25, 0.3) is 0 Å². The first-order valence-electron chi connectivity index (χ1n) is 7.52. The van der Waals surface area contributed by atoms with E-state index in [0.29, 0.717) is 0 Å². The lowest BCUT2D eigenvalue weighted by Gasteiger charge is -2.23. The van der Waals surface area contributed by atoms with Gasteiger partial charge in [0.05, 0.1) is 12.6 Å². The lowest BCUT2D eigenvalue weighted by molar-refractivity contribution is 0.288. The number of hydrogen-bond acceptors (Lipinski definition) is 2. The molecule has 1 unspecified atom stereocenters. The highest BCUT2D eigenvalue weighted by atomic mass is 127. The van der Waals surface area contributed by atoms with E-state index >= 15 is 0 Å². The summed E-state index contributed by atoms with van der Waals surface area (Å²) in [5.41, 5.74) is 3.98. The van der Waals surface area contributed by atoms with E-state index in [2.05, 4.69) is 77.3 Å². The Hall–Kier alpha value is -1.07. The van der Waals surface area contributed by atoms with Gasteiger partial charge in [0.2, 0.25) is 0 Å². The Morgan fingerprint density at radius 3 is 2.86 bits per heavy atom. The third-order valence-electron chi connectivity index (χ3n) is 3.86. The molecule has 2 aromatic rings. The molecule has 0 aromatic heterocycles. The summed E-state index contributed by atoms with van der Waals surface area (Å²) >= 11 is 2.37. The van der Waals surface area contributed by atoms with Crippen molar-refractivity contribution in [1.29, 1.82) is 0 Å². The summed E-state index contributed by atoms with van der Waals surface area (Å²) in [4.78, 5) is 0. The zero-order chi connectivity index (χ0) is 14.7. The van der Waals surface area contributed by atoms with Crippen molar-refractivity contribution in [3.63, 3.8) is 0 Å². The number of nitrogens with one attached hydrogen (secondary N) is 1. The maximum absolute atomic E-state index is 5.72. The molecule has 1 N–H and O–H groups in total. The first-order chi connectivity index (χ1) is 10.3. The molecule has 3 rings (SSSR count). The van der Waals surface area contributed by atoms with Crippen molar-refractivity contribution in [2.75, 3.05) is 13.2 Å². The van der Waals surface area contributed by atoms with Crippen molar-refractivity contribution in [2.24, 2.45) is 0 Å². The second-order valence-electron chi connectivity index (χ2n) is 5.36. The Morgan fingerprint density at radius 2 is 2.05 bits per heavy atom. The first-order valence-corrected chi connectivity index (χ1v) is 8.60. The van der Waals surface area contributed by atoms with Crippen LogP contribution >= 0.6 is 22.6 Å². The van der Waals surface area contributed by atoms with E-state index in [1.165, 1.54) is 20.3 Å². The molecule has 21 heavy (non-hydrogen) atoms. The number of ether oxygens (including phenoxy) is 1. The molecule has 2 nitrogen and oxygen atoms in total. The molecule has 2 aromatic carbocycles. The zero-order valence-corrected chi connectivity index (χ0v) is 14.4. The van der Waals surface area contributed by atoms with Crippen molar-refractivity contribution in [2.45, 2.75) is 25.8 Å². The van der Waals surface area contributed by atoms with Crippen LogP contribution in [-0.4, -0.2) is 13.2 Å². The number of benzene rings is 2. The highest BCUT2D eigenvalue weighted by molar-refractivity contribution is 14.1. The molecular weight excluding hydrogens is 373 g/mol. The molecule has 0 saturated heterocycles. The summed E-state index contributed by atoms with van der Waals surface area (Å²) in [6.07, 6.45) is 2.24. The van der Waals surface area contributed by atoms with E-state index in [1.54, 1.807) is 0 Å². The lowest BCUT2D eigenvalue weighted by atomic mass is 9.95. The van der Waals surface area contributed by atoms with E-state index in [-0.39, 0.29) is 6.04 Å². The molecule has 0 saturated carbocycles. The molecule has 0 bridgehead atoms.